The van der Waals surface area contributed by atoms with E-state index in [-0.39, 0.29) is 5.56 Å². The number of carboxylic acid groups (broad SMARTS) is 1. The predicted molar refractivity (Wildman–Crippen MR) is 62.4 cm³/mol. The second kappa shape index (κ2) is 4.52. The Kier molecular flexibility index (Phi) is 3.69. The summed E-state index contributed by atoms with van der Waals surface area (Å²) in [5.74, 6) is -1.24. The third kappa shape index (κ3) is 2.73. The van der Waals surface area contributed by atoms with Crippen molar-refractivity contribution in [1.29, 1.82) is 0 Å². The molecule has 1 unspecified atom stereocenters. The summed E-state index contributed by atoms with van der Waals surface area (Å²) >= 11 is 0. The average Bonchev–Trinajstić information content (AvgIpc) is 2.27. The Labute approximate surface area is 108 Å². The molecular formula is C13H15F3O3. The van der Waals surface area contributed by atoms with Crippen LogP contribution >= 0.6 is 0 Å². The van der Waals surface area contributed by atoms with Crippen LogP contribution in [-0.4, -0.2) is 16.2 Å². The minimum atomic E-state index is -4.47. The third-order valence-corrected chi connectivity index (χ3v) is 3.53. The van der Waals surface area contributed by atoms with Gasteiger partial charge in [-0.2, -0.15) is 13.2 Å². The van der Waals surface area contributed by atoms with Gasteiger partial charge in [0.15, 0.2) is 0 Å². The average molecular weight is 276 g/mol. The normalized spacial score (nSPS) is 15.9. The van der Waals surface area contributed by atoms with Gasteiger partial charge in [0.25, 0.3) is 0 Å². The standard InChI is InChI=1S/C13H15F3O3/c1-11(2,10(17)18)12(3,19)8-4-6-9(7-5-8)13(14,15)16/h4-7,19H,1-3H3,(H,17,18). The van der Waals surface area contributed by atoms with Gasteiger partial charge in [-0.05, 0) is 38.5 Å². The van der Waals surface area contributed by atoms with Crippen LogP contribution < -0.4 is 0 Å². The van der Waals surface area contributed by atoms with Gasteiger partial charge in [-0.3, -0.25) is 4.79 Å². The van der Waals surface area contributed by atoms with E-state index in [0.29, 0.717) is 0 Å². The molecular weight excluding hydrogens is 261 g/mol. The van der Waals surface area contributed by atoms with Gasteiger partial charge in [0.1, 0.15) is 5.60 Å². The lowest BCUT2D eigenvalue weighted by atomic mass is 9.72. The van der Waals surface area contributed by atoms with E-state index in [9.17, 15) is 23.1 Å². The number of aliphatic hydroxyl groups is 1. The van der Waals surface area contributed by atoms with Crippen LogP contribution in [0, 0.1) is 5.41 Å². The maximum Gasteiger partial charge on any atom is 0.416 e. The molecule has 106 valence electrons. The molecule has 1 aromatic rings. The van der Waals surface area contributed by atoms with Gasteiger partial charge in [0.2, 0.25) is 0 Å². The van der Waals surface area contributed by atoms with Crippen molar-refractivity contribution in [2.75, 3.05) is 0 Å². The number of alkyl halides is 3. The largest absolute Gasteiger partial charge is 0.481 e. The minimum Gasteiger partial charge on any atom is -0.481 e. The molecule has 0 aliphatic carbocycles. The summed E-state index contributed by atoms with van der Waals surface area (Å²) in [4.78, 5) is 11.1. The van der Waals surface area contributed by atoms with Gasteiger partial charge >= 0.3 is 12.1 Å². The van der Waals surface area contributed by atoms with Crippen LogP contribution in [0.2, 0.25) is 0 Å². The summed E-state index contributed by atoms with van der Waals surface area (Å²) in [5, 5.41) is 19.4. The van der Waals surface area contributed by atoms with E-state index >= 15 is 0 Å². The van der Waals surface area contributed by atoms with Crippen molar-refractivity contribution in [3.63, 3.8) is 0 Å². The van der Waals surface area contributed by atoms with Crippen LogP contribution in [0.3, 0.4) is 0 Å². The molecule has 0 heterocycles. The highest BCUT2D eigenvalue weighted by atomic mass is 19.4. The third-order valence-electron chi connectivity index (χ3n) is 3.53. The summed E-state index contributed by atoms with van der Waals surface area (Å²) in [6, 6.07) is 3.82. The fraction of sp³-hybridized carbons (Fsp3) is 0.462. The molecule has 1 atom stereocenters. The second-order valence-corrected chi connectivity index (χ2v) is 5.08. The Balaban J connectivity index is 3.21. The van der Waals surface area contributed by atoms with E-state index < -0.39 is 28.7 Å². The van der Waals surface area contributed by atoms with Crippen molar-refractivity contribution in [1.82, 2.24) is 0 Å². The first-order valence-corrected chi connectivity index (χ1v) is 5.54. The summed E-state index contributed by atoms with van der Waals surface area (Å²) in [6.07, 6.45) is -4.47. The summed E-state index contributed by atoms with van der Waals surface area (Å²) in [6.45, 7) is 3.89. The Morgan fingerprint density at radius 3 is 1.68 bits per heavy atom. The number of aliphatic carboxylic acids is 1. The van der Waals surface area contributed by atoms with Gasteiger partial charge in [0, 0.05) is 0 Å². The van der Waals surface area contributed by atoms with E-state index in [1.165, 1.54) is 20.8 Å². The van der Waals surface area contributed by atoms with Crippen molar-refractivity contribution in [2.45, 2.75) is 32.5 Å². The Bertz CT molecular complexity index is 473. The molecule has 6 heteroatoms. The smallest absolute Gasteiger partial charge is 0.416 e. The molecule has 0 radical (unpaired) electrons. The predicted octanol–water partition coefficient (Wildman–Crippen LogP) is 3.02. The topological polar surface area (TPSA) is 57.5 Å². The Morgan fingerprint density at radius 2 is 1.37 bits per heavy atom. The van der Waals surface area contributed by atoms with Crippen LogP contribution in [0.15, 0.2) is 24.3 Å². The fourth-order valence-electron chi connectivity index (χ4n) is 1.55. The molecule has 0 aromatic heterocycles. The van der Waals surface area contributed by atoms with E-state index in [4.69, 9.17) is 5.11 Å². The molecule has 0 amide bonds. The summed E-state index contributed by atoms with van der Waals surface area (Å²) in [5.41, 5.74) is -4.05. The zero-order chi connectivity index (χ0) is 15.1. The molecule has 0 spiro atoms. The maximum atomic E-state index is 12.4. The van der Waals surface area contributed by atoms with Crippen LogP contribution in [0.1, 0.15) is 31.9 Å². The molecule has 0 bridgehead atoms. The maximum absolute atomic E-state index is 12.4. The van der Waals surface area contributed by atoms with E-state index in [2.05, 4.69) is 0 Å². The zero-order valence-corrected chi connectivity index (χ0v) is 10.7. The SMILES string of the molecule is CC(C)(C(=O)O)C(C)(O)c1ccc(C(F)(F)F)cc1. The number of carboxylic acids is 1. The summed E-state index contributed by atoms with van der Waals surface area (Å²) in [7, 11) is 0. The number of rotatable bonds is 3. The lowest BCUT2D eigenvalue weighted by molar-refractivity contribution is -0.164. The summed E-state index contributed by atoms with van der Waals surface area (Å²) < 4.78 is 37.3. The van der Waals surface area contributed by atoms with Crippen LogP contribution in [-0.2, 0) is 16.6 Å². The molecule has 1 aromatic carbocycles. The molecule has 19 heavy (non-hydrogen) atoms. The Hall–Kier alpha value is -1.56. The first-order valence-electron chi connectivity index (χ1n) is 5.54. The number of hydrogen-bond acceptors (Lipinski definition) is 2. The molecule has 0 saturated heterocycles. The monoisotopic (exact) mass is 276 g/mol. The van der Waals surface area contributed by atoms with E-state index in [1.54, 1.807) is 0 Å². The van der Waals surface area contributed by atoms with Crippen molar-refractivity contribution in [3.8, 4) is 0 Å². The van der Waals surface area contributed by atoms with Gasteiger partial charge in [0.05, 0.1) is 11.0 Å². The van der Waals surface area contributed by atoms with Crippen LogP contribution in [0.4, 0.5) is 13.2 Å². The van der Waals surface area contributed by atoms with E-state index in [1.807, 2.05) is 0 Å². The lowest BCUT2D eigenvalue weighted by Gasteiger charge is -2.37. The molecule has 3 nitrogen and oxygen atoms in total. The molecule has 0 saturated carbocycles. The number of halogens is 3. The number of hydrogen-bond donors (Lipinski definition) is 2. The van der Waals surface area contributed by atoms with Gasteiger partial charge in [-0.25, -0.2) is 0 Å². The molecule has 2 N–H and O–H groups in total. The molecule has 1 rings (SSSR count). The van der Waals surface area contributed by atoms with E-state index in [0.717, 1.165) is 24.3 Å². The van der Waals surface area contributed by atoms with Crippen LogP contribution in [0.25, 0.3) is 0 Å². The first-order chi connectivity index (χ1) is 8.40. The number of benzene rings is 1. The van der Waals surface area contributed by atoms with Crippen molar-refractivity contribution in [2.24, 2.45) is 5.41 Å². The van der Waals surface area contributed by atoms with Gasteiger partial charge in [-0.1, -0.05) is 12.1 Å². The minimum absolute atomic E-state index is 0.118. The van der Waals surface area contributed by atoms with Crippen LogP contribution in [0.5, 0.6) is 0 Å². The van der Waals surface area contributed by atoms with Crippen molar-refractivity contribution in [3.05, 3.63) is 35.4 Å². The van der Waals surface area contributed by atoms with Gasteiger partial charge in [-0.15, -0.1) is 0 Å². The molecule has 0 fully saturated rings. The highest BCUT2D eigenvalue weighted by molar-refractivity contribution is 5.75. The fourth-order valence-corrected chi connectivity index (χ4v) is 1.55. The lowest BCUT2D eigenvalue weighted by Crippen LogP contribution is -2.45. The highest BCUT2D eigenvalue weighted by Gasteiger charge is 2.47. The molecule has 0 aliphatic rings. The Morgan fingerprint density at radius 1 is 1.00 bits per heavy atom. The number of carbonyl (C=O) groups is 1. The van der Waals surface area contributed by atoms with Gasteiger partial charge < -0.3 is 10.2 Å². The molecule has 0 aliphatic heterocycles. The second-order valence-electron chi connectivity index (χ2n) is 5.08. The van der Waals surface area contributed by atoms with Crippen molar-refractivity contribution >= 4 is 5.97 Å². The zero-order valence-electron chi connectivity index (χ0n) is 10.7. The quantitative estimate of drug-likeness (QED) is 0.892. The highest BCUT2D eigenvalue weighted by Crippen LogP contribution is 2.40. The first kappa shape index (κ1) is 15.5. The van der Waals surface area contributed by atoms with Crippen molar-refractivity contribution < 1.29 is 28.2 Å².